The number of nitrogen functional groups attached to an aromatic ring is 1. The number of aromatic nitrogens is 2. The van der Waals surface area contributed by atoms with Gasteiger partial charge in [-0.1, -0.05) is 0 Å². The van der Waals surface area contributed by atoms with Crippen molar-refractivity contribution in [1.82, 2.24) is 14.3 Å². The van der Waals surface area contributed by atoms with Crippen LogP contribution in [0.5, 0.6) is 0 Å². The van der Waals surface area contributed by atoms with Gasteiger partial charge in [0.1, 0.15) is 4.90 Å². The highest BCUT2D eigenvalue weighted by Crippen LogP contribution is 2.16. The number of sulfonamides is 1. The molecule has 0 unspecified atom stereocenters. The molecular weight excluding hydrogens is 270 g/mol. The average molecular weight is 289 g/mol. The molecule has 0 fully saturated rings. The van der Waals surface area contributed by atoms with Gasteiger partial charge >= 0.3 is 0 Å². The number of nitrogens with two attached hydrogens (primary N) is 1. The second kappa shape index (κ2) is 6.75. The Labute approximate surface area is 113 Å². The van der Waals surface area contributed by atoms with Crippen molar-refractivity contribution < 1.29 is 13.2 Å². The molecule has 8 nitrogen and oxygen atoms in total. The maximum atomic E-state index is 12.4. The Kier molecular flexibility index (Phi) is 5.60. The summed E-state index contributed by atoms with van der Waals surface area (Å²) >= 11 is 0. The largest absolute Gasteiger partial charge is 0.383 e. The third-order valence-electron chi connectivity index (χ3n) is 2.46. The average Bonchev–Trinajstić information content (AvgIpc) is 2.38. The summed E-state index contributed by atoms with van der Waals surface area (Å²) in [5.74, 6) is 5.29. The molecule has 0 saturated heterocycles. The van der Waals surface area contributed by atoms with Crippen LogP contribution in [0.4, 0.5) is 5.95 Å². The lowest BCUT2D eigenvalue weighted by molar-refractivity contribution is 0.171. The van der Waals surface area contributed by atoms with Gasteiger partial charge in [0.2, 0.25) is 16.0 Å². The molecule has 0 aromatic carbocycles. The number of nitrogens with one attached hydrogen (secondary N) is 1. The number of hydrazine groups is 1. The van der Waals surface area contributed by atoms with Crippen LogP contribution in [0, 0.1) is 0 Å². The van der Waals surface area contributed by atoms with Crippen LogP contribution in [0.1, 0.15) is 13.8 Å². The first-order valence-corrected chi connectivity index (χ1v) is 7.17. The van der Waals surface area contributed by atoms with Gasteiger partial charge in [0, 0.05) is 19.7 Å². The smallest absolute Gasteiger partial charge is 0.246 e. The molecule has 0 radical (unpaired) electrons. The normalized spacial score (nSPS) is 12.1. The number of ether oxygens (including phenoxy) is 1. The van der Waals surface area contributed by atoms with E-state index >= 15 is 0 Å². The van der Waals surface area contributed by atoms with Gasteiger partial charge in [0.15, 0.2) is 0 Å². The molecule has 0 bridgehead atoms. The molecule has 3 N–H and O–H groups in total. The first-order valence-electron chi connectivity index (χ1n) is 5.73. The summed E-state index contributed by atoms with van der Waals surface area (Å²) in [4.78, 5) is 7.63. The van der Waals surface area contributed by atoms with Gasteiger partial charge in [0.05, 0.1) is 19.0 Å². The molecule has 0 saturated carbocycles. The molecule has 108 valence electrons. The summed E-state index contributed by atoms with van der Waals surface area (Å²) in [5.41, 5.74) is 2.24. The van der Waals surface area contributed by atoms with Crippen LogP contribution in [0.25, 0.3) is 0 Å². The van der Waals surface area contributed by atoms with Gasteiger partial charge in [0.25, 0.3) is 0 Å². The van der Waals surface area contributed by atoms with E-state index in [0.717, 1.165) is 0 Å². The number of methoxy groups -OCH3 is 1. The maximum Gasteiger partial charge on any atom is 0.246 e. The minimum Gasteiger partial charge on any atom is -0.383 e. The second-order valence-electron chi connectivity index (χ2n) is 4.09. The van der Waals surface area contributed by atoms with Crippen molar-refractivity contribution in [2.24, 2.45) is 5.84 Å². The van der Waals surface area contributed by atoms with Crippen molar-refractivity contribution in [1.29, 1.82) is 0 Å². The summed E-state index contributed by atoms with van der Waals surface area (Å²) in [5, 5.41) is 0. The lowest BCUT2D eigenvalue weighted by atomic mass is 10.4. The molecule has 1 heterocycles. The fourth-order valence-corrected chi connectivity index (χ4v) is 3.01. The number of rotatable bonds is 7. The van der Waals surface area contributed by atoms with E-state index in [0.29, 0.717) is 6.61 Å². The van der Waals surface area contributed by atoms with Crippen LogP contribution in [0.3, 0.4) is 0 Å². The van der Waals surface area contributed by atoms with Gasteiger partial charge in [-0.2, -0.15) is 4.31 Å². The summed E-state index contributed by atoms with van der Waals surface area (Å²) < 4.78 is 31.1. The van der Waals surface area contributed by atoms with Gasteiger partial charge in [-0.05, 0) is 13.8 Å². The van der Waals surface area contributed by atoms with Crippen LogP contribution in [-0.2, 0) is 14.8 Å². The van der Waals surface area contributed by atoms with Crippen LogP contribution >= 0.6 is 0 Å². The van der Waals surface area contributed by atoms with Gasteiger partial charge in [-0.15, -0.1) is 0 Å². The van der Waals surface area contributed by atoms with E-state index in [2.05, 4.69) is 15.4 Å². The molecule has 0 atom stereocenters. The predicted molar refractivity (Wildman–Crippen MR) is 70.7 cm³/mol. The molecule has 1 aromatic rings. The van der Waals surface area contributed by atoms with Crippen LogP contribution in [-0.4, -0.2) is 49.0 Å². The highest BCUT2D eigenvalue weighted by atomic mass is 32.2. The van der Waals surface area contributed by atoms with E-state index in [1.807, 2.05) is 0 Å². The number of hydrogen-bond donors (Lipinski definition) is 2. The number of nitrogens with zero attached hydrogens (tertiary/aromatic N) is 3. The lowest BCUT2D eigenvalue weighted by Gasteiger charge is -2.25. The maximum absolute atomic E-state index is 12.4. The van der Waals surface area contributed by atoms with Crippen LogP contribution in [0.15, 0.2) is 17.3 Å². The Morgan fingerprint density at radius 2 is 2.00 bits per heavy atom. The highest BCUT2D eigenvalue weighted by molar-refractivity contribution is 7.89. The topological polar surface area (TPSA) is 110 Å². The Morgan fingerprint density at radius 3 is 2.42 bits per heavy atom. The zero-order chi connectivity index (χ0) is 14.5. The molecular formula is C10H19N5O3S. The van der Waals surface area contributed by atoms with Crippen molar-refractivity contribution in [2.75, 3.05) is 25.7 Å². The molecule has 9 heteroatoms. The Hall–Kier alpha value is -1.29. The SMILES string of the molecule is COCCN(C(C)C)S(=O)(=O)c1cnc(NN)nc1. The molecule has 0 aliphatic heterocycles. The predicted octanol–water partition coefficient (Wildman–Crippen LogP) is -0.192. The Morgan fingerprint density at radius 1 is 1.42 bits per heavy atom. The monoisotopic (exact) mass is 289 g/mol. The minimum absolute atomic E-state index is 0.0244. The molecule has 1 rings (SSSR count). The molecule has 0 aliphatic carbocycles. The lowest BCUT2D eigenvalue weighted by Crippen LogP contribution is -2.39. The summed E-state index contributed by atoms with van der Waals surface area (Å²) in [6.07, 6.45) is 2.44. The van der Waals surface area contributed by atoms with Gasteiger partial charge in [-0.3, -0.25) is 5.43 Å². The van der Waals surface area contributed by atoms with Crippen molar-refractivity contribution in [2.45, 2.75) is 24.8 Å². The van der Waals surface area contributed by atoms with Crippen LogP contribution in [0.2, 0.25) is 0 Å². The molecule has 19 heavy (non-hydrogen) atoms. The fourth-order valence-electron chi connectivity index (χ4n) is 1.50. The quantitative estimate of drug-likeness (QED) is 0.528. The van der Waals surface area contributed by atoms with E-state index in [1.165, 1.54) is 23.8 Å². The van der Waals surface area contributed by atoms with Crippen molar-refractivity contribution >= 4 is 16.0 Å². The molecule has 0 aliphatic rings. The summed E-state index contributed by atoms with van der Waals surface area (Å²) in [6, 6.07) is -0.188. The summed E-state index contributed by atoms with van der Waals surface area (Å²) in [7, 11) is -2.11. The van der Waals surface area contributed by atoms with E-state index in [9.17, 15) is 8.42 Å². The molecule has 0 spiro atoms. The standard InChI is InChI=1S/C10H19N5O3S/c1-8(2)15(4-5-18-3)19(16,17)9-6-12-10(14-11)13-7-9/h6-8H,4-5,11H2,1-3H3,(H,12,13,14). The second-order valence-corrected chi connectivity index (χ2v) is 5.98. The van der Waals surface area contributed by atoms with Crippen molar-refractivity contribution in [3.63, 3.8) is 0 Å². The number of anilines is 1. The first kappa shape index (κ1) is 15.8. The molecule has 1 aromatic heterocycles. The Bertz CT molecular complexity index is 488. The van der Waals surface area contributed by atoms with E-state index < -0.39 is 10.0 Å². The zero-order valence-electron chi connectivity index (χ0n) is 11.2. The minimum atomic E-state index is -3.64. The van der Waals surface area contributed by atoms with E-state index in [1.54, 1.807) is 13.8 Å². The van der Waals surface area contributed by atoms with Gasteiger partial charge < -0.3 is 4.74 Å². The van der Waals surface area contributed by atoms with Crippen molar-refractivity contribution in [3.05, 3.63) is 12.4 Å². The van der Waals surface area contributed by atoms with Crippen molar-refractivity contribution in [3.8, 4) is 0 Å². The summed E-state index contributed by atoms with van der Waals surface area (Å²) in [6.45, 7) is 4.18. The van der Waals surface area contributed by atoms with Crippen LogP contribution < -0.4 is 11.3 Å². The van der Waals surface area contributed by atoms with E-state index in [-0.39, 0.29) is 23.4 Å². The first-order chi connectivity index (χ1) is 8.93. The molecule has 0 amide bonds. The third-order valence-corrected chi connectivity index (χ3v) is 4.48. The van der Waals surface area contributed by atoms with Gasteiger partial charge in [-0.25, -0.2) is 24.2 Å². The van der Waals surface area contributed by atoms with E-state index in [4.69, 9.17) is 10.6 Å². The number of hydrogen-bond acceptors (Lipinski definition) is 7. The Balaban J connectivity index is 3.04. The fraction of sp³-hybridized carbons (Fsp3) is 0.600. The highest BCUT2D eigenvalue weighted by Gasteiger charge is 2.27. The zero-order valence-corrected chi connectivity index (χ0v) is 12.0. The third kappa shape index (κ3) is 3.83.